The molecule has 0 aromatic heterocycles. The third-order valence-corrected chi connectivity index (χ3v) is 5.38. The smallest absolute Gasteiger partial charge is 0.0568 e. The first-order valence-corrected chi connectivity index (χ1v) is 8.38. The van der Waals surface area contributed by atoms with E-state index in [-0.39, 0.29) is 6.04 Å². The molecular weight excluding hydrogens is 313 g/mol. The molecule has 0 saturated carbocycles. The minimum Gasteiger partial charge on any atom is -0.378 e. The molecule has 1 aliphatic carbocycles. The molecule has 3 atom stereocenters. The van der Waals surface area contributed by atoms with Gasteiger partial charge in [-0.25, -0.2) is 0 Å². The fraction of sp³-hybridized carbons (Fsp3) is 0.263. The van der Waals surface area contributed by atoms with Crippen molar-refractivity contribution < 1.29 is 0 Å². The van der Waals surface area contributed by atoms with Crippen molar-refractivity contribution in [3.8, 4) is 0 Å². The lowest BCUT2D eigenvalue weighted by atomic mass is 9.76. The van der Waals surface area contributed by atoms with Crippen LogP contribution >= 0.6 is 23.2 Å². The minimum absolute atomic E-state index is 0.222. The van der Waals surface area contributed by atoms with E-state index < -0.39 is 0 Å². The Kier molecular flexibility index (Phi) is 3.43. The second-order valence-corrected chi connectivity index (χ2v) is 7.08. The molecule has 0 unspecified atom stereocenters. The molecule has 0 radical (unpaired) electrons. The van der Waals surface area contributed by atoms with E-state index in [0.717, 1.165) is 17.0 Å². The fourth-order valence-corrected chi connectivity index (χ4v) is 4.30. The molecule has 112 valence electrons. The van der Waals surface area contributed by atoms with Crippen LogP contribution in [0.25, 0.3) is 0 Å². The molecule has 4 rings (SSSR count). The molecule has 3 heteroatoms. The second kappa shape index (κ2) is 5.33. The first kappa shape index (κ1) is 14.2. The quantitative estimate of drug-likeness (QED) is 0.620. The normalized spacial score (nSPS) is 25.5. The van der Waals surface area contributed by atoms with E-state index in [0.29, 0.717) is 16.9 Å². The fourth-order valence-electron chi connectivity index (χ4n) is 3.78. The van der Waals surface area contributed by atoms with Gasteiger partial charge < -0.3 is 5.32 Å². The van der Waals surface area contributed by atoms with E-state index in [9.17, 15) is 0 Å². The van der Waals surface area contributed by atoms with Crippen molar-refractivity contribution in [2.24, 2.45) is 5.92 Å². The van der Waals surface area contributed by atoms with Crippen LogP contribution in [0, 0.1) is 12.8 Å². The Morgan fingerprint density at radius 2 is 1.91 bits per heavy atom. The molecule has 0 saturated heterocycles. The topological polar surface area (TPSA) is 12.0 Å². The SMILES string of the molecule is Cc1ccc2c(c1)[C@H]1C=CC[C@H]1[C@@H](c1ccc(Cl)cc1Cl)N2. The van der Waals surface area contributed by atoms with E-state index >= 15 is 0 Å². The summed E-state index contributed by atoms with van der Waals surface area (Å²) < 4.78 is 0. The van der Waals surface area contributed by atoms with Crippen LogP contribution in [0.5, 0.6) is 0 Å². The third-order valence-electron chi connectivity index (χ3n) is 4.82. The first-order valence-electron chi connectivity index (χ1n) is 7.62. The summed E-state index contributed by atoms with van der Waals surface area (Å²) in [4.78, 5) is 0. The van der Waals surface area contributed by atoms with Gasteiger partial charge in [-0.1, -0.05) is 59.1 Å². The maximum atomic E-state index is 6.46. The summed E-state index contributed by atoms with van der Waals surface area (Å²) in [7, 11) is 0. The molecule has 1 nitrogen and oxygen atoms in total. The molecule has 0 bridgehead atoms. The highest BCUT2D eigenvalue weighted by atomic mass is 35.5. The second-order valence-electron chi connectivity index (χ2n) is 6.23. The van der Waals surface area contributed by atoms with Crippen molar-refractivity contribution in [3.05, 3.63) is 75.3 Å². The maximum Gasteiger partial charge on any atom is 0.0568 e. The Morgan fingerprint density at radius 3 is 2.73 bits per heavy atom. The van der Waals surface area contributed by atoms with Crippen molar-refractivity contribution >= 4 is 28.9 Å². The Labute approximate surface area is 140 Å². The zero-order valence-electron chi connectivity index (χ0n) is 12.3. The summed E-state index contributed by atoms with van der Waals surface area (Å²) in [5, 5.41) is 5.13. The van der Waals surface area contributed by atoms with Gasteiger partial charge in [0.05, 0.1) is 6.04 Å². The van der Waals surface area contributed by atoms with Crippen LogP contribution < -0.4 is 5.32 Å². The number of hydrogen-bond acceptors (Lipinski definition) is 1. The van der Waals surface area contributed by atoms with Gasteiger partial charge in [0.2, 0.25) is 0 Å². The van der Waals surface area contributed by atoms with Crippen LogP contribution in [-0.4, -0.2) is 0 Å². The van der Waals surface area contributed by atoms with Crippen LogP contribution in [0.3, 0.4) is 0 Å². The molecule has 1 N–H and O–H groups in total. The molecule has 0 amide bonds. The highest BCUT2D eigenvalue weighted by Gasteiger charge is 2.38. The van der Waals surface area contributed by atoms with E-state index in [1.165, 1.54) is 16.8 Å². The van der Waals surface area contributed by atoms with Gasteiger partial charge in [0.15, 0.2) is 0 Å². The minimum atomic E-state index is 0.222. The van der Waals surface area contributed by atoms with Gasteiger partial charge in [0.1, 0.15) is 0 Å². The molecule has 1 heterocycles. The van der Waals surface area contributed by atoms with E-state index in [1.54, 1.807) is 0 Å². The lowest BCUT2D eigenvalue weighted by Gasteiger charge is -2.38. The summed E-state index contributed by atoms with van der Waals surface area (Å²) in [6.45, 7) is 2.15. The average molecular weight is 330 g/mol. The summed E-state index contributed by atoms with van der Waals surface area (Å²) >= 11 is 12.5. The zero-order chi connectivity index (χ0) is 15.3. The van der Waals surface area contributed by atoms with Crippen molar-refractivity contribution in [3.63, 3.8) is 0 Å². The molecule has 2 aromatic rings. The molecule has 1 aliphatic heterocycles. The highest BCUT2D eigenvalue weighted by Crippen LogP contribution is 2.50. The van der Waals surface area contributed by atoms with Gasteiger partial charge in [0.25, 0.3) is 0 Å². The van der Waals surface area contributed by atoms with Crippen molar-refractivity contribution in [1.82, 2.24) is 0 Å². The molecule has 22 heavy (non-hydrogen) atoms. The standard InChI is InChI=1S/C19H17Cl2N/c1-11-5-8-18-16(9-11)13-3-2-4-14(13)19(22-18)15-7-6-12(20)10-17(15)21/h2-3,5-10,13-14,19,22H,4H2,1H3/t13-,14+,19-/m0/s1. The molecule has 0 fully saturated rings. The van der Waals surface area contributed by atoms with Gasteiger partial charge in [-0.05, 0) is 48.6 Å². The number of benzene rings is 2. The zero-order valence-corrected chi connectivity index (χ0v) is 13.8. The van der Waals surface area contributed by atoms with Gasteiger partial charge in [-0.3, -0.25) is 0 Å². The van der Waals surface area contributed by atoms with Crippen molar-refractivity contribution in [1.29, 1.82) is 0 Å². The Balaban J connectivity index is 1.81. The first-order chi connectivity index (χ1) is 10.6. The van der Waals surface area contributed by atoms with Crippen molar-refractivity contribution in [2.45, 2.75) is 25.3 Å². The number of rotatable bonds is 1. The number of halogens is 2. The van der Waals surface area contributed by atoms with Crippen LogP contribution in [0.1, 0.15) is 35.1 Å². The van der Waals surface area contributed by atoms with Gasteiger partial charge in [0, 0.05) is 21.7 Å². The lowest BCUT2D eigenvalue weighted by Crippen LogP contribution is -2.29. The van der Waals surface area contributed by atoms with Gasteiger partial charge in [-0.2, -0.15) is 0 Å². The number of anilines is 1. The number of fused-ring (bicyclic) bond motifs is 3. The Hall–Kier alpha value is -1.44. The predicted octanol–water partition coefficient (Wildman–Crippen LogP) is 6.13. The van der Waals surface area contributed by atoms with E-state index in [1.807, 2.05) is 12.1 Å². The number of hydrogen-bond donors (Lipinski definition) is 1. The lowest BCUT2D eigenvalue weighted by molar-refractivity contribution is 0.425. The van der Waals surface area contributed by atoms with E-state index in [2.05, 4.69) is 48.7 Å². The highest BCUT2D eigenvalue weighted by molar-refractivity contribution is 6.35. The maximum absolute atomic E-state index is 6.46. The Bertz CT molecular complexity index is 766. The number of aryl methyl sites for hydroxylation is 1. The number of nitrogens with one attached hydrogen (secondary N) is 1. The third kappa shape index (κ3) is 2.24. The van der Waals surface area contributed by atoms with E-state index in [4.69, 9.17) is 23.2 Å². The largest absolute Gasteiger partial charge is 0.378 e. The van der Waals surface area contributed by atoms with Crippen LogP contribution in [0.15, 0.2) is 48.6 Å². The van der Waals surface area contributed by atoms with Crippen LogP contribution in [0.4, 0.5) is 5.69 Å². The Morgan fingerprint density at radius 1 is 1.05 bits per heavy atom. The predicted molar refractivity (Wildman–Crippen MR) is 94.0 cm³/mol. The van der Waals surface area contributed by atoms with Crippen LogP contribution in [-0.2, 0) is 0 Å². The molecule has 0 spiro atoms. The average Bonchev–Trinajstić information content (AvgIpc) is 2.97. The molecule has 2 aromatic carbocycles. The molecular formula is C19H17Cl2N. The van der Waals surface area contributed by atoms with Crippen LogP contribution in [0.2, 0.25) is 10.0 Å². The summed E-state index contributed by atoms with van der Waals surface area (Å²) in [6.07, 6.45) is 5.72. The monoisotopic (exact) mass is 329 g/mol. The number of allylic oxidation sites excluding steroid dienone is 2. The van der Waals surface area contributed by atoms with Gasteiger partial charge >= 0.3 is 0 Å². The van der Waals surface area contributed by atoms with Crippen molar-refractivity contribution in [2.75, 3.05) is 5.32 Å². The summed E-state index contributed by atoms with van der Waals surface area (Å²) in [5.74, 6) is 0.973. The van der Waals surface area contributed by atoms with Gasteiger partial charge in [-0.15, -0.1) is 0 Å². The summed E-state index contributed by atoms with van der Waals surface area (Å²) in [6, 6.07) is 12.7. The molecule has 2 aliphatic rings. The summed E-state index contributed by atoms with van der Waals surface area (Å²) in [5.41, 5.74) is 5.06.